The molecule has 0 aliphatic heterocycles. The number of pyridine rings is 1. The zero-order chi connectivity index (χ0) is 22.0. The van der Waals surface area contributed by atoms with Crippen molar-refractivity contribution in [3.05, 3.63) is 30.4 Å². The molecule has 0 amide bonds. The van der Waals surface area contributed by atoms with E-state index in [4.69, 9.17) is 4.74 Å². The summed E-state index contributed by atoms with van der Waals surface area (Å²) in [7, 11) is -2.15. The second kappa shape index (κ2) is 8.76. The highest BCUT2D eigenvalue weighted by Gasteiger charge is 2.49. The highest BCUT2D eigenvalue weighted by atomic mass is 28.3. The summed E-state index contributed by atoms with van der Waals surface area (Å²) in [6.07, 6.45) is 3.11. The quantitative estimate of drug-likeness (QED) is 0.376. The number of carbonyl (C=O) groups is 1. The molecule has 6 heteroatoms. The minimum atomic E-state index is -2.15. The zero-order valence-corrected chi connectivity index (χ0v) is 20.2. The molecule has 1 aromatic heterocycles. The van der Waals surface area contributed by atoms with Gasteiger partial charge in [0.05, 0.1) is 11.6 Å². The normalized spacial score (nSPS) is 12.6. The van der Waals surface area contributed by atoms with Crippen molar-refractivity contribution in [2.45, 2.75) is 85.9 Å². The predicted octanol–water partition coefficient (Wildman–Crippen LogP) is 6.61. The van der Waals surface area contributed by atoms with Crippen LogP contribution in [0, 0.1) is 18.2 Å². The number of esters is 1. The molecule has 0 saturated carbocycles. The van der Waals surface area contributed by atoms with Crippen molar-refractivity contribution in [1.29, 1.82) is 0 Å². The van der Waals surface area contributed by atoms with E-state index in [0.29, 0.717) is 28.0 Å². The van der Waals surface area contributed by atoms with Crippen molar-refractivity contribution < 1.29 is 13.9 Å². The summed E-state index contributed by atoms with van der Waals surface area (Å²) in [6.45, 7) is 24.3. The largest absolute Gasteiger partial charge is 0.421 e. The molecular weight excluding hydrogens is 371 g/mol. The zero-order valence-electron chi connectivity index (χ0n) is 19.2. The van der Waals surface area contributed by atoms with Crippen LogP contribution < -0.4 is 9.30 Å². The van der Waals surface area contributed by atoms with Gasteiger partial charge >= 0.3 is 5.97 Å². The lowest BCUT2D eigenvalue weighted by molar-refractivity contribution is -0.143. The summed E-state index contributed by atoms with van der Waals surface area (Å²) >= 11 is 0. The van der Waals surface area contributed by atoms with E-state index >= 15 is 4.39 Å². The second-order valence-corrected chi connectivity index (χ2v) is 15.1. The Kier molecular flexibility index (Phi) is 7.62. The molecule has 0 aliphatic rings. The van der Waals surface area contributed by atoms with E-state index in [9.17, 15) is 4.79 Å². The Bertz CT molecular complexity index is 702. The van der Waals surface area contributed by atoms with E-state index in [1.807, 2.05) is 0 Å². The van der Waals surface area contributed by atoms with Crippen molar-refractivity contribution >= 4 is 20.0 Å². The van der Waals surface area contributed by atoms with Gasteiger partial charge in [-0.25, -0.2) is 9.37 Å². The molecule has 4 nitrogen and oxygen atoms in total. The minimum absolute atomic E-state index is 0.129. The van der Waals surface area contributed by atoms with Gasteiger partial charge in [0.25, 0.3) is 0 Å². The molecule has 0 bridgehead atoms. The highest BCUT2D eigenvalue weighted by molar-refractivity contribution is 6.87. The van der Waals surface area contributed by atoms with Crippen molar-refractivity contribution in [1.82, 2.24) is 4.98 Å². The van der Waals surface area contributed by atoms with Crippen molar-refractivity contribution in [3.8, 4) is 5.75 Å². The molecule has 0 saturated heterocycles. The molecule has 158 valence electrons. The van der Waals surface area contributed by atoms with Gasteiger partial charge in [-0.2, -0.15) is 0 Å². The Labute approximate surface area is 171 Å². The Balaban J connectivity index is 3.55. The third-order valence-electron chi connectivity index (χ3n) is 5.60. The standard InChI is InChI=1S/C22H37FN2O2Si/c1-12-25(28(14(2)3,15(4)5)16(6)7)20-17(8)19(23)18(13-24-20)27-21(26)22(9,10)11/h12-16H,1H2,2-11H3. The van der Waals surface area contributed by atoms with Gasteiger partial charge < -0.3 is 9.30 Å². The monoisotopic (exact) mass is 408 g/mol. The molecule has 0 radical (unpaired) electrons. The van der Waals surface area contributed by atoms with Crippen LogP contribution in [-0.2, 0) is 4.79 Å². The number of rotatable bonds is 7. The molecule has 0 atom stereocenters. The fourth-order valence-corrected chi connectivity index (χ4v) is 11.0. The molecule has 1 aromatic rings. The van der Waals surface area contributed by atoms with Gasteiger partial charge in [-0.3, -0.25) is 4.79 Å². The number of anilines is 1. The first-order chi connectivity index (χ1) is 12.7. The Morgan fingerprint density at radius 3 is 2.00 bits per heavy atom. The first-order valence-electron chi connectivity index (χ1n) is 10.0. The molecule has 0 fully saturated rings. The molecule has 0 aliphatic carbocycles. The number of hydrogen-bond acceptors (Lipinski definition) is 4. The summed E-state index contributed by atoms with van der Waals surface area (Å²) in [5.74, 6) is -0.605. The van der Waals surface area contributed by atoms with E-state index in [1.165, 1.54) is 6.20 Å². The Morgan fingerprint density at radius 1 is 1.18 bits per heavy atom. The van der Waals surface area contributed by atoms with Crippen LogP contribution in [0.15, 0.2) is 19.0 Å². The molecule has 0 aromatic carbocycles. The Hall–Kier alpha value is -1.69. The molecule has 28 heavy (non-hydrogen) atoms. The SMILES string of the molecule is C=CN(c1ncc(OC(=O)C(C)(C)C)c(F)c1C)[Si](C(C)C)(C(C)C)C(C)C. The molecule has 0 unspecified atom stereocenters. The Morgan fingerprint density at radius 2 is 1.64 bits per heavy atom. The van der Waals surface area contributed by atoms with Crippen molar-refractivity contribution in [2.75, 3.05) is 4.57 Å². The first kappa shape index (κ1) is 24.3. The van der Waals surface area contributed by atoms with Gasteiger partial charge in [-0.1, -0.05) is 48.1 Å². The summed E-state index contributed by atoms with van der Waals surface area (Å²) in [5, 5.41) is 0. The van der Waals surface area contributed by atoms with E-state index in [0.717, 1.165) is 0 Å². The number of carbonyl (C=O) groups excluding carboxylic acids is 1. The first-order valence-corrected chi connectivity index (χ1v) is 12.2. The third kappa shape index (κ3) is 4.32. The van der Waals surface area contributed by atoms with E-state index in [2.05, 4.69) is 57.7 Å². The maximum absolute atomic E-state index is 15.1. The maximum Gasteiger partial charge on any atom is 0.316 e. The fraction of sp³-hybridized carbons (Fsp3) is 0.636. The van der Waals surface area contributed by atoms with Gasteiger partial charge in [0, 0.05) is 5.56 Å². The van der Waals surface area contributed by atoms with Crippen LogP contribution in [0.25, 0.3) is 0 Å². The smallest absolute Gasteiger partial charge is 0.316 e. The number of aromatic nitrogens is 1. The predicted molar refractivity (Wildman–Crippen MR) is 118 cm³/mol. The van der Waals surface area contributed by atoms with Gasteiger partial charge in [0.15, 0.2) is 19.8 Å². The van der Waals surface area contributed by atoms with E-state index in [1.54, 1.807) is 33.9 Å². The lowest BCUT2D eigenvalue weighted by Gasteiger charge is -2.50. The fourth-order valence-electron chi connectivity index (χ4n) is 4.39. The highest BCUT2D eigenvalue weighted by Crippen LogP contribution is 2.46. The average Bonchev–Trinajstić information content (AvgIpc) is 2.55. The molecular formula is C22H37FN2O2Si. The number of halogens is 1. The van der Waals surface area contributed by atoms with Crippen molar-refractivity contribution in [3.63, 3.8) is 0 Å². The number of hydrogen-bond donors (Lipinski definition) is 0. The van der Waals surface area contributed by atoms with E-state index in [-0.39, 0.29) is 5.75 Å². The minimum Gasteiger partial charge on any atom is -0.421 e. The van der Waals surface area contributed by atoms with Gasteiger partial charge in [-0.15, -0.1) is 0 Å². The lowest BCUT2D eigenvalue weighted by Crippen LogP contribution is -2.58. The summed E-state index contributed by atoms with van der Waals surface area (Å²) < 4.78 is 22.6. The van der Waals surface area contributed by atoms with Crippen LogP contribution in [-0.4, -0.2) is 19.2 Å². The lowest BCUT2D eigenvalue weighted by atomic mass is 9.97. The van der Waals surface area contributed by atoms with Gasteiger partial charge in [-0.05, 0) is 50.5 Å². The number of nitrogens with zero attached hydrogens (tertiary/aromatic N) is 2. The number of ether oxygens (including phenoxy) is 1. The molecule has 0 N–H and O–H groups in total. The topological polar surface area (TPSA) is 42.4 Å². The molecule has 1 rings (SSSR count). The molecule has 1 heterocycles. The van der Waals surface area contributed by atoms with Crippen LogP contribution in [0.1, 0.15) is 67.9 Å². The summed E-state index contributed by atoms with van der Waals surface area (Å²) in [6, 6.07) is 0. The van der Waals surface area contributed by atoms with Gasteiger partial charge in [0.1, 0.15) is 5.82 Å². The average molecular weight is 409 g/mol. The van der Waals surface area contributed by atoms with Crippen LogP contribution in [0.2, 0.25) is 16.6 Å². The van der Waals surface area contributed by atoms with Crippen LogP contribution in [0.5, 0.6) is 5.75 Å². The maximum atomic E-state index is 15.1. The second-order valence-electron chi connectivity index (χ2n) is 9.43. The summed E-state index contributed by atoms with van der Waals surface area (Å²) in [4.78, 5) is 16.7. The summed E-state index contributed by atoms with van der Waals surface area (Å²) in [5.41, 5.74) is 0.883. The third-order valence-corrected chi connectivity index (χ3v) is 12.4. The van der Waals surface area contributed by atoms with Gasteiger partial charge in [0.2, 0.25) is 0 Å². The van der Waals surface area contributed by atoms with E-state index < -0.39 is 25.4 Å². The molecule has 0 spiro atoms. The van der Waals surface area contributed by atoms with Crippen molar-refractivity contribution in [2.24, 2.45) is 5.41 Å². The van der Waals surface area contributed by atoms with Crippen LogP contribution >= 0.6 is 0 Å². The van der Waals surface area contributed by atoms with Crippen LogP contribution in [0.4, 0.5) is 10.2 Å². The van der Waals surface area contributed by atoms with Crippen LogP contribution in [0.3, 0.4) is 0 Å².